The number of hydrogen-bond acceptors (Lipinski definition) is 2. The van der Waals surface area contributed by atoms with Crippen LogP contribution in [0.2, 0.25) is 0 Å². The van der Waals surface area contributed by atoms with E-state index in [2.05, 4.69) is 10.2 Å². The fourth-order valence-corrected chi connectivity index (χ4v) is 1.87. The molecule has 1 heterocycles. The summed E-state index contributed by atoms with van der Waals surface area (Å²) < 4.78 is 37.4. The second-order valence-corrected chi connectivity index (χ2v) is 4.24. The molecule has 0 amide bonds. The molecular formula is C13H14F3N3. The molecule has 1 aromatic heterocycles. The smallest absolute Gasteiger partial charge is 0.330 e. The highest BCUT2D eigenvalue weighted by molar-refractivity contribution is 5.63. The van der Waals surface area contributed by atoms with Gasteiger partial charge in [0, 0.05) is 0 Å². The highest BCUT2D eigenvalue weighted by Crippen LogP contribution is 2.31. The first-order chi connectivity index (χ1) is 9.02. The number of nitrogens with one attached hydrogen (secondary N) is 1. The number of H-pyrrole nitrogens is 1. The van der Waals surface area contributed by atoms with Gasteiger partial charge in [-0.15, -0.1) is 0 Å². The Bertz CT molecular complexity index is 529. The van der Waals surface area contributed by atoms with E-state index in [-0.39, 0.29) is 0 Å². The maximum atomic E-state index is 12.5. The van der Waals surface area contributed by atoms with E-state index in [1.165, 1.54) is 12.1 Å². The number of nitrogens with two attached hydrogens (primary N) is 1. The van der Waals surface area contributed by atoms with E-state index in [1.54, 1.807) is 6.20 Å². The van der Waals surface area contributed by atoms with Crippen LogP contribution in [0.4, 0.5) is 13.2 Å². The fourth-order valence-electron chi connectivity index (χ4n) is 1.87. The Morgan fingerprint density at radius 1 is 1.16 bits per heavy atom. The molecule has 6 heteroatoms. The van der Waals surface area contributed by atoms with Crippen molar-refractivity contribution in [2.24, 2.45) is 5.73 Å². The number of nitrogens with zero attached hydrogens (tertiary/aromatic N) is 1. The van der Waals surface area contributed by atoms with E-state index < -0.39 is 11.7 Å². The molecule has 19 heavy (non-hydrogen) atoms. The lowest BCUT2D eigenvalue weighted by molar-refractivity contribution is -0.137. The predicted molar refractivity (Wildman–Crippen MR) is 66.4 cm³/mol. The largest absolute Gasteiger partial charge is 0.416 e. The average molecular weight is 269 g/mol. The van der Waals surface area contributed by atoms with Crippen molar-refractivity contribution in [3.63, 3.8) is 0 Å². The third-order valence-corrected chi connectivity index (χ3v) is 2.87. The van der Waals surface area contributed by atoms with Crippen molar-refractivity contribution in [2.45, 2.75) is 19.0 Å². The fraction of sp³-hybridized carbons (Fsp3) is 0.308. The van der Waals surface area contributed by atoms with E-state index in [0.29, 0.717) is 12.1 Å². The van der Waals surface area contributed by atoms with Crippen LogP contribution in [0.3, 0.4) is 0 Å². The van der Waals surface area contributed by atoms with Crippen LogP contribution < -0.4 is 5.73 Å². The molecule has 2 aromatic rings. The van der Waals surface area contributed by atoms with E-state index in [4.69, 9.17) is 5.73 Å². The molecule has 0 fully saturated rings. The van der Waals surface area contributed by atoms with Gasteiger partial charge in [0.25, 0.3) is 0 Å². The molecule has 1 aromatic carbocycles. The molecule has 0 atom stereocenters. The van der Waals surface area contributed by atoms with Gasteiger partial charge in [-0.1, -0.05) is 12.1 Å². The molecule has 0 aliphatic carbocycles. The van der Waals surface area contributed by atoms with Crippen LogP contribution in [0.1, 0.15) is 17.5 Å². The molecular weight excluding hydrogens is 255 g/mol. The Labute approximate surface area is 108 Å². The highest BCUT2D eigenvalue weighted by atomic mass is 19.4. The zero-order valence-corrected chi connectivity index (χ0v) is 10.2. The minimum Gasteiger partial charge on any atom is -0.330 e. The number of alkyl halides is 3. The van der Waals surface area contributed by atoms with Gasteiger partial charge in [0.05, 0.1) is 17.5 Å². The SMILES string of the molecule is NCCCc1cn[nH]c1-c1ccc(C(F)(F)F)cc1. The van der Waals surface area contributed by atoms with Crippen molar-refractivity contribution in [2.75, 3.05) is 6.54 Å². The topological polar surface area (TPSA) is 54.7 Å². The van der Waals surface area contributed by atoms with Crippen LogP contribution in [-0.4, -0.2) is 16.7 Å². The van der Waals surface area contributed by atoms with Crippen molar-refractivity contribution in [3.8, 4) is 11.3 Å². The molecule has 0 spiro atoms. The summed E-state index contributed by atoms with van der Waals surface area (Å²) in [4.78, 5) is 0. The Kier molecular flexibility index (Phi) is 3.90. The number of rotatable bonds is 4. The maximum absolute atomic E-state index is 12.5. The van der Waals surface area contributed by atoms with Gasteiger partial charge in [0.2, 0.25) is 0 Å². The molecule has 0 aliphatic heterocycles. The van der Waals surface area contributed by atoms with Crippen LogP contribution >= 0.6 is 0 Å². The lowest BCUT2D eigenvalue weighted by Crippen LogP contribution is -2.04. The van der Waals surface area contributed by atoms with E-state index in [1.807, 2.05) is 0 Å². The first kappa shape index (κ1) is 13.6. The van der Waals surface area contributed by atoms with Gasteiger partial charge in [-0.25, -0.2) is 0 Å². The summed E-state index contributed by atoms with van der Waals surface area (Å²) >= 11 is 0. The van der Waals surface area contributed by atoms with Gasteiger partial charge in [0.15, 0.2) is 0 Å². The van der Waals surface area contributed by atoms with Gasteiger partial charge in [-0.3, -0.25) is 5.10 Å². The van der Waals surface area contributed by atoms with Gasteiger partial charge < -0.3 is 5.73 Å². The van der Waals surface area contributed by atoms with Crippen molar-refractivity contribution in [3.05, 3.63) is 41.6 Å². The minimum absolute atomic E-state index is 0.567. The molecule has 0 saturated carbocycles. The highest BCUT2D eigenvalue weighted by Gasteiger charge is 2.30. The minimum atomic E-state index is -4.31. The molecule has 0 aliphatic rings. The van der Waals surface area contributed by atoms with Crippen molar-refractivity contribution < 1.29 is 13.2 Å². The Hall–Kier alpha value is -1.82. The summed E-state index contributed by atoms with van der Waals surface area (Å²) in [5, 5.41) is 6.75. The van der Waals surface area contributed by atoms with Crippen molar-refractivity contribution in [1.82, 2.24) is 10.2 Å². The van der Waals surface area contributed by atoms with Crippen LogP contribution in [0, 0.1) is 0 Å². The summed E-state index contributed by atoms with van der Waals surface area (Å²) in [6.45, 7) is 0.567. The summed E-state index contributed by atoms with van der Waals surface area (Å²) in [6.07, 6.45) is -1.06. The molecule has 0 radical (unpaired) electrons. The van der Waals surface area contributed by atoms with E-state index in [9.17, 15) is 13.2 Å². The third-order valence-electron chi connectivity index (χ3n) is 2.87. The molecule has 102 valence electrons. The number of aryl methyl sites for hydroxylation is 1. The molecule has 3 nitrogen and oxygen atoms in total. The van der Waals surface area contributed by atoms with E-state index >= 15 is 0 Å². The molecule has 3 N–H and O–H groups in total. The van der Waals surface area contributed by atoms with Gasteiger partial charge >= 0.3 is 6.18 Å². The van der Waals surface area contributed by atoms with Gasteiger partial charge in [-0.2, -0.15) is 18.3 Å². The lowest BCUT2D eigenvalue weighted by atomic mass is 10.0. The van der Waals surface area contributed by atoms with E-state index in [0.717, 1.165) is 36.2 Å². The summed E-state index contributed by atoms with van der Waals surface area (Å²) in [5.41, 5.74) is 7.20. The lowest BCUT2D eigenvalue weighted by Gasteiger charge is -2.08. The van der Waals surface area contributed by atoms with Crippen LogP contribution in [0.15, 0.2) is 30.5 Å². The zero-order chi connectivity index (χ0) is 13.9. The summed E-state index contributed by atoms with van der Waals surface area (Å²) in [6, 6.07) is 5.04. The van der Waals surface area contributed by atoms with Crippen LogP contribution in [-0.2, 0) is 12.6 Å². The second kappa shape index (κ2) is 5.44. The molecule has 2 rings (SSSR count). The summed E-state index contributed by atoms with van der Waals surface area (Å²) in [7, 11) is 0. The number of hydrogen-bond donors (Lipinski definition) is 2. The molecule has 0 bridgehead atoms. The van der Waals surface area contributed by atoms with Crippen LogP contribution in [0.5, 0.6) is 0 Å². The number of aromatic nitrogens is 2. The third kappa shape index (κ3) is 3.14. The first-order valence-electron chi connectivity index (χ1n) is 5.92. The normalized spacial score (nSPS) is 11.8. The van der Waals surface area contributed by atoms with Gasteiger partial charge in [0.1, 0.15) is 0 Å². The standard InChI is InChI=1S/C13H14F3N3/c14-13(15,16)11-5-3-9(4-6-11)12-10(2-1-7-17)8-18-19-12/h3-6,8H,1-2,7,17H2,(H,18,19). The maximum Gasteiger partial charge on any atom is 0.416 e. The second-order valence-electron chi connectivity index (χ2n) is 4.24. The number of benzene rings is 1. The zero-order valence-electron chi connectivity index (χ0n) is 10.2. The Morgan fingerprint density at radius 3 is 2.42 bits per heavy atom. The van der Waals surface area contributed by atoms with Crippen molar-refractivity contribution in [1.29, 1.82) is 0 Å². The van der Waals surface area contributed by atoms with Crippen molar-refractivity contribution >= 4 is 0 Å². The Morgan fingerprint density at radius 2 is 1.84 bits per heavy atom. The first-order valence-corrected chi connectivity index (χ1v) is 5.92. The molecule has 0 unspecified atom stereocenters. The number of aromatic amines is 1. The summed E-state index contributed by atoms with van der Waals surface area (Å²) in [5.74, 6) is 0. The predicted octanol–water partition coefficient (Wildman–Crippen LogP) is 2.99. The molecule has 0 saturated heterocycles. The monoisotopic (exact) mass is 269 g/mol. The average Bonchev–Trinajstić information content (AvgIpc) is 2.83. The van der Waals surface area contributed by atoms with Gasteiger partial charge in [-0.05, 0) is 42.6 Å². The van der Waals surface area contributed by atoms with Crippen LogP contribution in [0.25, 0.3) is 11.3 Å². The Balaban J connectivity index is 2.25. The number of halogens is 3. The quantitative estimate of drug-likeness (QED) is 0.896.